The van der Waals surface area contributed by atoms with E-state index >= 15 is 0 Å². The predicted octanol–water partition coefficient (Wildman–Crippen LogP) is 6.79. The van der Waals surface area contributed by atoms with Gasteiger partial charge >= 0.3 is 17.1 Å². The average Bonchev–Trinajstić information content (AvgIpc) is 3.12. The Labute approximate surface area is 163 Å². The van der Waals surface area contributed by atoms with Gasteiger partial charge in [-0.15, -0.1) is 5.69 Å². The van der Waals surface area contributed by atoms with Crippen molar-refractivity contribution in [3.8, 4) is 0 Å². The first-order chi connectivity index (χ1) is 10.6. The second kappa shape index (κ2) is 9.86. The van der Waals surface area contributed by atoms with Crippen molar-refractivity contribution in [2.24, 2.45) is 0 Å². The summed E-state index contributed by atoms with van der Waals surface area (Å²) >= 11 is 2.33. The Morgan fingerprint density at radius 1 is 1.04 bits per heavy atom. The van der Waals surface area contributed by atoms with E-state index in [1.165, 1.54) is 25.8 Å². The molecule has 2 aromatic rings. The molecule has 2 aromatic carbocycles. The Morgan fingerprint density at radius 2 is 1.65 bits per heavy atom. The van der Waals surface area contributed by atoms with Crippen LogP contribution in [-0.2, 0) is 17.1 Å². The van der Waals surface area contributed by atoms with Crippen LogP contribution < -0.4 is 0 Å². The molecule has 0 saturated heterocycles. The summed E-state index contributed by atoms with van der Waals surface area (Å²) in [7, 11) is 0. The smallest absolute Gasteiger partial charge is 0.663 e. The zero-order valence-corrected chi connectivity index (χ0v) is 16.8. The van der Waals surface area contributed by atoms with E-state index < -0.39 is 0 Å². The standard InChI is InChI=1S/C15H15IN.C5H5.Fe/c1-10-7-11(2)15(12(3)8-10)17-9-13-5-4-6-14(13)16;1-2-4-5-3-1;/h4-9H,1-3H3;1-5H;/q2*-1;+2/b13-9-;;. The van der Waals surface area contributed by atoms with Crippen LogP contribution in [0.15, 0.2) is 76.0 Å². The van der Waals surface area contributed by atoms with Crippen LogP contribution in [0, 0.1) is 20.8 Å². The van der Waals surface area contributed by atoms with Gasteiger partial charge in [0.05, 0.1) is 0 Å². The number of hydrogen-bond acceptors (Lipinski definition) is 0. The first kappa shape index (κ1) is 19.9. The van der Waals surface area contributed by atoms with Crippen LogP contribution in [0.3, 0.4) is 0 Å². The molecule has 1 aliphatic rings. The fourth-order valence-electron chi connectivity index (χ4n) is 2.35. The maximum absolute atomic E-state index is 4.62. The molecule has 120 valence electrons. The number of nitrogens with zero attached hydrogens (tertiary/aromatic N) is 1. The van der Waals surface area contributed by atoms with Crippen molar-refractivity contribution >= 4 is 28.3 Å². The van der Waals surface area contributed by atoms with Gasteiger partial charge in [0.1, 0.15) is 0 Å². The van der Waals surface area contributed by atoms with E-state index in [9.17, 15) is 0 Å². The van der Waals surface area contributed by atoms with Gasteiger partial charge in [-0.1, -0.05) is 41.0 Å². The molecular weight excluding hydrogens is 437 g/mol. The van der Waals surface area contributed by atoms with E-state index in [4.69, 9.17) is 0 Å². The van der Waals surface area contributed by atoms with Crippen molar-refractivity contribution in [1.82, 2.24) is 0 Å². The first-order valence-corrected chi connectivity index (χ1v) is 8.35. The van der Waals surface area contributed by atoms with Crippen LogP contribution in [0.4, 0.5) is 5.69 Å². The average molecular weight is 457 g/mol. The molecule has 0 aliphatic heterocycles. The van der Waals surface area contributed by atoms with Gasteiger partial charge in [0.2, 0.25) is 0 Å². The Hall–Kier alpha value is -1.16. The molecule has 3 heteroatoms. The maximum Gasteiger partial charge on any atom is 2.00 e. The molecule has 0 aromatic heterocycles. The zero-order chi connectivity index (χ0) is 15.9. The van der Waals surface area contributed by atoms with Crippen LogP contribution in [-0.4, -0.2) is 0 Å². The van der Waals surface area contributed by atoms with Crippen molar-refractivity contribution < 1.29 is 17.1 Å². The van der Waals surface area contributed by atoms with Crippen LogP contribution in [0.1, 0.15) is 16.7 Å². The Balaban J connectivity index is 0.000000377. The van der Waals surface area contributed by atoms with Crippen molar-refractivity contribution in [3.63, 3.8) is 0 Å². The van der Waals surface area contributed by atoms with E-state index in [1.807, 2.05) is 36.5 Å². The molecule has 1 nitrogen and oxygen atoms in total. The van der Waals surface area contributed by atoms with Gasteiger partial charge in [0.15, 0.2) is 0 Å². The van der Waals surface area contributed by atoms with Crippen LogP contribution in [0.25, 0.3) is 5.32 Å². The van der Waals surface area contributed by atoms with E-state index in [2.05, 4.69) is 79.0 Å². The predicted molar refractivity (Wildman–Crippen MR) is 105 cm³/mol. The van der Waals surface area contributed by atoms with Gasteiger partial charge in [-0.2, -0.15) is 24.4 Å². The minimum absolute atomic E-state index is 0. The topological polar surface area (TPSA) is 14.1 Å². The normalized spacial score (nSPS) is 13.9. The van der Waals surface area contributed by atoms with Crippen LogP contribution in [0.2, 0.25) is 0 Å². The summed E-state index contributed by atoms with van der Waals surface area (Å²) in [6.07, 6.45) is 8.19. The van der Waals surface area contributed by atoms with Gasteiger partial charge in [-0.3, -0.25) is 0 Å². The molecule has 0 heterocycles. The summed E-state index contributed by atoms with van der Waals surface area (Å²) in [6, 6.07) is 14.4. The number of benzene rings is 1. The molecule has 0 spiro atoms. The molecule has 0 fully saturated rings. The quantitative estimate of drug-likeness (QED) is 0.268. The minimum atomic E-state index is 0. The van der Waals surface area contributed by atoms with Gasteiger partial charge in [0, 0.05) is 3.58 Å². The van der Waals surface area contributed by atoms with Crippen LogP contribution >= 0.6 is 22.6 Å². The summed E-state index contributed by atoms with van der Waals surface area (Å²) in [4.78, 5) is 0. The summed E-state index contributed by atoms with van der Waals surface area (Å²) in [5, 5.41) is 4.62. The second-order valence-corrected chi connectivity index (χ2v) is 6.46. The van der Waals surface area contributed by atoms with Gasteiger partial charge in [-0.25, -0.2) is 12.1 Å². The SMILES string of the molecule is Cc1cc(C)c([N-]/C=C2/C=CC=C2I)c(C)c1.[Fe+2].c1cc[cH-]c1. The number of rotatable bonds is 2. The van der Waals surface area contributed by atoms with Crippen LogP contribution in [0.5, 0.6) is 0 Å². The molecule has 23 heavy (non-hydrogen) atoms. The first-order valence-electron chi connectivity index (χ1n) is 7.27. The van der Waals surface area contributed by atoms with Gasteiger partial charge in [0.25, 0.3) is 0 Å². The van der Waals surface area contributed by atoms with E-state index in [0.29, 0.717) is 0 Å². The summed E-state index contributed by atoms with van der Waals surface area (Å²) in [6.45, 7) is 6.35. The maximum atomic E-state index is 4.62. The molecule has 0 amide bonds. The van der Waals surface area contributed by atoms with Gasteiger partial charge in [-0.05, 0) is 55.0 Å². The fraction of sp³-hybridized carbons (Fsp3) is 0.150. The van der Waals surface area contributed by atoms with E-state index in [0.717, 1.165) is 5.69 Å². The largest absolute Gasteiger partial charge is 2.00 e. The van der Waals surface area contributed by atoms with Crippen molar-refractivity contribution in [1.29, 1.82) is 0 Å². The molecule has 1 aliphatic carbocycles. The number of allylic oxidation sites excluding steroid dienone is 5. The summed E-state index contributed by atoms with van der Waals surface area (Å²) in [5.41, 5.74) is 6.04. The van der Waals surface area contributed by atoms with E-state index in [1.54, 1.807) is 0 Å². The molecule has 0 radical (unpaired) electrons. The second-order valence-electron chi connectivity index (χ2n) is 5.30. The van der Waals surface area contributed by atoms with Gasteiger partial charge < -0.3 is 5.32 Å². The molecule has 0 N–H and O–H groups in total. The molecule has 0 unspecified atom stereocenters. The summed E-state index contributed by atoms with van der Waals surface area (Å²) in [5.74, 6) is 0. The number of halogens is 1. The Morgan fingerprint density at radius 3 is 2.09 bits per heavy atom. The molecule has 3 rings (SSSR count). The minimum Gasteiger partial charge on any atom is -0.663 e. The molecule has 0 saturated carbocycles. The monoisotopic (exact) mass is 457 g/mol. The molecule has 0 atom stereocenters. The third-order valence-corrected chi connectivity index (χ3v) is 4.30. The van der Waals surface area contributed by atoms with Crippen molar-refractivity contribution in [3.05, 3.63) is 98.1 Å². The van der Waals surface area contributed by atoms with Crippen molar-refractivity contribution in [2.45, 2.75) is 20.8 Å². The third-order valence-electron chi connectivity index (χ3n) is 3.32. The Bertz CT molecular complexity index is 669. The van der Waals surface area contributed by atoms with E-state index in [-0.39, 0.29) is 17.1 Å². The molecule has 0 bridgehead atoms. The summed E-state index contributed by atoms with van der Waals surface area (Å²) < 4.78 is 1.24. The third kappa shape index (κ3) is 6.09. The Kier molecular flexibility index (Phi) is 8.53. The number of hydrogen-bond donors (Lipinski definition) is 0. The van der Waals surface area contributed by atoms with Crippen molar-refractivity contribution in [2.75, 3.05) is 0 Å². The number of aryl methyl sites for hydroxylation is 3. The zero-order valence-electron chi connectivity index (χ0n) is 13.5. The fourth-order valence-corrected chi connectivity index (χ4v) is 2.87. The molecular formula is C20H20FeIN.